The number of thiophene rings is 1. The fourth-order valence-corrected chi connectivity index (χ4v) is 3.93. The molecule has 1 atom stereocenters. The Morgan fingerprint density at radius 2 is 1.92 bits per heavy atom. The van der Waals surface area contributed by atoms with E-state index in [2.05, 4.69) is 10.6 Å². The molecule has 1 unspecified atom stereocenters. The van der Waals surface area contributed by atoms with E-state index in [1.807, 2.05) is 35.7 Å². The predicted molar refractivity (Wildman–Crippen MR) is 98.2 cm³/mol. The van der Waals surface area contributed by atoms with Crippen LogP contribution in [-0.2, 0) is 0 Å². The fourth-order valence-electron chi connectivity index (χ4n) is 2.93. The first-order valence-electron chi connectivity index (χ1n) is 7.78. The zero-order valence-electron chi connectivity index (χ0n) is 13.4. The van der Waals surface area contributed by atoms with Gasteiger partial charge in [-0.15, -0.1) is 11.3 Å². The summed E-state index contributed by atoms with van der Waals surface area (Å²) < 4.78 is 5.15. The van der Waals surface area contributed by atoms with E-state index in [0.717, 1.165) is 21.7 Å². The van der Waals surface area contributed by atoms with Crippen molar-refractivity contribution in [3.63, 3.8) is 0 Å². The number of carbonyl (C=O) groups excluding carboxylic acids is 1. The molecule has 0 fully saturated rings. The van der Waals surface area contributed by atoms with Crippen molar-refractivity contribution in [2.75, 3.05) is 12.4 Å². The average Bonchev–Trinajstić information content (AvgIpc) is 3.07. The topological polar surface area (TPSA) is 70.6 Å². The second-order valence-corrected chi connectivity index (χ2v) is 6.58. The van der Waals surface area contributed by atoms with Gasteiger partial charge < -0.3 is 20.5 Å². The SMILES string of the molecule is COc1cc(C2NC(=O)c3c(-c4ccccc4)csc3N2)ccc1O. The van der Waals surface area contributed by atoms with Crippen LogP contribution >= 0.6 is 11.3 Å². The lowest BCUT2D eigenvalue weighted by Gasteiger charge is -2.27. The molecule has 2 heterocycles. The van der Waals surface area contributed by atoms with E-state index in [1.54, 1.807) is 18.2 Å². The van der Waals surface area contributed by atoms with Gasteiger partial charge in [-0.25, -0.2) is 0 Å². The van der Waals surface area contributed by atoms with Crippen LogP contribution in [0, 0.1) is 0 Å². The summed E-state index contributed by atoms with van der Waals surface area (Å²) in [7, 11) is 1.50. The van der Waals surface area contributed by atoms with Gasteiger partial charge in [-0.05, 0) is 23.3 Å². The summed E-state index contributed by atoms with van der Waals surface area (Å²) in [4.78, 5) is 12.7. The minimum absolute atomic E-state index is 0.0663. The van der Waals surface area contributed by atoms with Crippen LogP contribution in [0.3, 0.4) is 0 Å². The van der Waals surface area contributed by atoms with E-state index < -0.39 is 0 Å². The normalized spacial score (nSPS) is 15.9. The first-order valence-corrected chi connectivity index (χ1v) is 8.66. The van der Waals surface area contributed by atoms with Crippen LogP contribution in [0.1, 0.15) is 22.1 Å². The summed E-state index contributed by atoms with van der Waals surface area (Å²) >= 11 is 1.51. The number of anilines is 1. The maximum absolute atomic E-state index is 12.7. The second-order valence-electron chi connectivity index (χ2n) is 5.70. The van der Waals surface area contributed by atoms with Gasteiger partial charge in [0.2, 0.25) is 0 Å². The lowest BCUT2D eigenvalue weighted by atomic mass is 10.0. The number of methoxy groups -OCH3 is 1. The Hall–Kier alpha value is -2.99. The Kier molecular flexibility index (Phi) is 3.82. The van der Waals surface area contributed by atoms with Crippen molar-refractivity contribution in [1.29, 1.82) is 0 Å². The first kappa shape index (κ1) is 15.5. The van der Waals surface area contributed by atoms with E-state index in [-0.39, 0.29) is 17.8 Å². The third-order valence-corrected chi connectivity index (χ3v) is 5.10. The number of rotatable bonds is 3. The maximum Gasteiger partial charge on any atom is 0.256 e. The van der Waals surface area contributed by atoms with Crippen molar-refractivity contribution in [3.8, 4) is 22.6 Å². The van der Waals surface area contributed by atoms with Crippen molar-refractivity contribution < 1.29 is 14.6 Å². The van der Waals surface area contributed by atoms with E-state index >= 15 is 0 Å². The molecule has 2 aromatic carbocycles. The third kappa shape index (κ3) is 2.70. The molecule has 5 nitrogen and oxygen atoms in total. The number of fused-ring (bicyclic) bond motifs is 1. The summed E-state index contributed by atoms with van der Waals surface area (Å²) in [6, 6.07) is 14.9. The van der Waals surface area contributed by atoms with Gasteiger partial charge in [-0.1, -0.05) is 36.4 Å². The van der Waals surface area contributed by atoms with Crippen LogP contribution in [0.25, 0.3) is 11.1 Å². The van der Waals surface area contributed by atoms with Crippen LogP contribution in [0.5, 0.6) is 11.5 Å². The predicted octanol–water partition coefficient (Wildman–Crippen LogP) is 3.98. The highest BCUT2D eigenvalue weighted by Gasteiger charge is 2.29. The number of phenols is 1. The van der Waals surface area contributed by atoms with Crippen LogP contribution in [0.4, 0.5) is 5.00 Å². The number of aromatic hydroxyl groups is 1. The zero-order valence-corrected chi connectivity index (χ0v) is 14.3. The van der Waals surface area contributed by atoms with Gasteiger partial charge in [0.05, 0.1) is 12.7 Å². The van der Waals surface area contributed by atoms with Crippen LogP contribution in [-0.4, -0.2) is 18.1 Å². The van der Waals surface area contributed by atoms with Gasteiger partial charge >= 0.3 is 0 Å². The molecule has 1 aliphatic heterocycles. The molecular formula is C19H16N2O3S. The summed E-state index contributed by atoms with van der Waals surface area (Å²) in [6.45, 7) is 0. The molecule has 0 spiro atoms. The molecule has 0 aliphatic carbocycles. The number of nitrogens with one attached hydrogen (secondary N) is 2. The number of amides is 1. The highest BCUT2D eigenvalue weighted by molar-refractivity contribution is 7.15. The first-order chi connectivity index (χ1) is 12.2. The van der Waals surface area contributed by atoms with E-state index in [9.17, 15) is 9.90 Å². The number of ether oxygens (including phenoxy) is 1. The highest BCUT2D eigenvalue weighted by Crippen LogP contribution is 2.40. The lowest BCUT2D eigenvalue weighted by molar-refractivity contribution is 0.0937. The molecule has 3 aromatic rings. The third-order valence-electron chi connectivity index (χ3n) is 4.19. The van der Waals surface area contributed by atoms with E-state index in [1.165, 1.54) is 18.4 Å². The van der Waals surface area contributed by atoms with E-state index in [0.29, 0.717) is 11.3 Å². The summed E-state index contributed by atoms with van der Waals surface area (Å²) in [5.41, 5.74) is 3.41. The molecule has 0 radical (unpaired) electrons. The molecule has 0 bridgehead atoms. The summed E-state index contributed by atoms with van der Waals surface area (Å²) in [5, 5.41) is 18.9. The Bertz CT molecular complexity index is 937. The molecule has 1 aromatic heterocycles. The average molecular weight is 352 g/mol. The number of carbonyl (C=O) groups is 1. The van der Waals surface area contributed by atoms with Crippen molar-refractivity contribution in [2.24, 2.45) is 0 Å². The molecular weight excluding hydrogens is 336 g/mol. The number of hydrogen-bond donors (Lipinski definition) is 3. The second kappa shape index (κ2) is 6.14. The minimum atomic E-state index is -0.378. The Labute approximate surface area is 148 Å². The number of hydrogen-bond acceptors (Lipinski definition) is 5. The zero-order chi connectivity index (χ0) is 17.4. The van der Waals surface area contributed by atoms with Crippen LogP contribution < -0.4 is 15.4 Å². The maximum atomic E-state index is 12.7. The molecule has 0 saturated carbocycles. The lowest BCUT2D eigenvalue weighted by Crippen LogP contribution is -2.37. The molecule has 1 amide bonds. The Morgan fingerprint density at radius 1 is 1.12 bits per heavy atom. The molecule has 126 valence electrons. The van der Waals surface area contributed by atoms with Gasteiger partial charge in [0.1, 0.15) is 11.2 Å². The van der Waals surface area contributed by atoms with Crippen molar-refractivity contribution in [3.05, 3.63) is 65.0 Å². The number of phenolic OH excluding ortho intramolecular Hbond substituents is 1. The largest absolute Gasteiger partial charge is 0.504 e. The van der Waals surface area contributed by atoms with Gasteiger partial charge in [-0.3, -0.25) is 4.79 Å². The van der Waals surface area contributed by atoms with Crippen LogP contribution in [0.15, 0.2) is 53.9 Å². The van der Waals surface area contributed by atoms with Gasteiger partial charge in [0.25, 0.3) is 5.91 Å². The molecule has 25 heavy (non-hydrogen) atoms. The number of benzene rings is 2. The van der Waals surface area contributed by atoms with Gasteiger partial charge in [0, 0.05) is 10.9 Å². The quantitative estimate of drug-likeness (QED) is 0.667. The van der Waals surface area contributed by atoms with E-state index in [4.69, 9.17) is 4.74 Å². The fraction of sp³-hybridized carbons (Fsp3) is 0.105. The molecule has 3 N–H and O–H groups in total. The Morgan fingerprint density at radius 3 is 2.68 bits per heavy atom. The van der Waals surface area contributed by atoms with Crippen molar-refractivity contribution in [2.45, 2.75) is 6.17 Å². The standard InChI is InChI=1S/C19H16N2O3S/c1-24-15-9-12(7-8-14(15)22)17-20-18(23)16-13(10-25-19(16)21-17)11-5-3-2-4-6-11/h2-10,17,21-22H,1H3,(H,20,23). The van der Waals surface area contributed by atoms with Gasteiger partial charge in [0.15, 0.2) is 11.5 Å². The van der Waals surface area contributed by atoms with Crippen LogP contribution in [0.2, 0.25) is 0 Å². The molecule has 0 saturated heterocycles. The molecule has 6 heteroatoms. The smallest absolute Gasteiger partial charge is 0.256 e. The van der Waals surface area contributed by atoms with Gasteiger partial charge in [-0.2, -0.15) is 0 Å². The summed E-state index contributed by atoms with van der Waals surface area (Å²) in [5.74, 6) is 0.318. The van der Waals surface area contributed by atoms with Crippen molar-refractivity contribution in [1.82, 2.24) is 5.32 Å². The highest BCUT2D eigenvalue weighted by atomic mass is 32.1. The monoisotopic (exact) mass is 352 g/mol. The minimum Gasteiger partial charge on any atom is -0.504 e. The van der Waals surface area contributed by atoms with Crippen molar-refractivity contribution >= 4 is 22.2 Å². The molecule has 1 aliphatic rings. The molecule has 4 rings (SSSR count). The summed E-state index contributed by atoms with van der Waals surface area (Å²) in [6.07, 6.45) is -0.378. The Balaban J connectivity index is 1.69.